The van der Waals surface area contributed by atoms with Gasteiger partial charge in [-0.2, -0.15) is 4.31 Å². The van der Waals surface area contributed by atoms with Gasteiger partial charge in [0.1, 0.15) is 5.75 Å². The van der Waals surface area contributed by atoms with Crippen LogP contribution in [0.3, 0.4) is 0 Å². The van der Waals surface area contributed by atoms with E-state index in [0.717, 1.165) is 12.0 Å². The molecule has 1 atom stereocenters. The van der Waals surface area contributed by atoms with Crippen LogP contribution in [0.25, 0.3) is 0 Å². The van der Waals surface area contributed by atoms with E-state index in [1.54, 1.807) is 24.3 Å². The molecule has 28 heavy (non-hydrogen) atoms. The highest BCUT2D eigenvalue weighted by molar-refractivity contribution is 7.89. The number of hydrogen-bond donors (Lipinski definition) is 0. The van der Waals surface area contributed by atoms with Crippen molar-refractivity contribution in [2.24, 2.45) is 0 Å². The predicted molar refractivity (Wildman–Crippen MR) is 106 cm³/mol. The van der Waals surface area contributed by atoms with Crippen LogP contribution < -0.4 is 4.74 Å². The van der Waals surface area contributed by atoms with E-state index >= 15 is 0 Å². The Hall–Kier alpha value is -2.38. The van der Waals surface area contributed by atoms with Gasteiger partial charge in [0.2, 0.25) is 15.9 Å². The second kappa shape index (κ2) is 7.22. The Balaban J connectivity index is 1.62. The van der Waals surface area contributed by atoms with Crippen LogP contribution in [0.2, 0.25) is 0 Å². The smallest absolute Gasteiger partial charge is 0.243 e. The molecular weight excluding hydrogens is 376 g/mol. The first-order chi connectivity index (χ1) is 13.4. The highest BCUT2D eigenvalue weighted by atomic mass is 32.2. The maximum absolute atomic E-state index is 13.2. The van der Waals surface area contributed by atoms with Crippen molar-refractivity contribution in [1.29, 1.82) is 0 Å². The number of benzene rings is 2. The number of amides is 1. The lowest BCUT2D eigenvalue weighted by molar-refractivity contribution is -0.138. The van der Waals surface area contributed by atoms with Crippen LogP contribution in [-0.4, -0.2) is 49.3 Å². The Bertz CT molecular complexity index is 986. The fourth-order valence-electron chi connectivity index (χ4n) is 3.94. The summed E-state index contributed by atoms with van der Waals surface area (Å²) in [4.78, 5) is 14.7. The van der Waals surface area contributed by atoms with Gasteiger partial charge < -0.3 is 9.64 Å². The van der Waals surface area contributed by atoms with Gasteiger partial charge >= 0.3 is 0 Å². The standard InChI is InChI=1S/C21H24N2O4S/c1-15(2)27-17-7-9-18(10-8-17)28(25,26)22-13-20-19-6-4-3-5-16(19)11-12-23(20)21(24)14-22/h3-10,15,20H,11-14H2,1-2H3/t20-/m1/s1. The first kappa shape index (κ1) is 19.0. The molecule has 2 aromatic carbocycles. The molecule has 0 aliphatic carbocycles. The third-order valence-electron chi connectivity index (χ3n) is 5.25. The van der Waals surface area contributed by atoms with Crippen molar-refractivity contribution in [3.05, 3.63) is 59.7 Å². The quantitative estimate of drug-likeness (QED) is 0.791. The van der Waals surface area contributed by atoms with Gasteiger partial charge in [0.15, 0.2) is 0 Å². The van der Waals surface area contributed by atoms with Crippen LogP contribution in [0.1, 0.15) is 31.0 Å². The summed E-state index contributed by atoms with van der Waals surface area (Å²) in [5, 5.41) is 0. The molecule has 1 amide bonds. The van der Waals surface area contributed by atoms with Crippen LogP contribution in [0, 0.1) is 0 Å². The molecule has 1 saturated heterocycles. The number of hydrogen-bond acceptors (Lipinski definition) is 4. The van der Waals surface area contributed by atoms with Crippen molar-refractivity contribution in [1.82, 2.24) is 9.21 Å². The topological polar surface area (TPSA) is 66.9 Å². The first-order valence-corrected chi connectivity index (χ1v) is 10.9. The molecule has 2 aromatic rings. The van der Waals surface area contributed by atoms with Gasteiger partial charge in [-0.05, 0) is 55.7 Å². The van der Waals surface area contributed by atoms with Gasteiger partial charge in [0.25, 0.3) is 0 Å². The van der Waals surface area contributed by atoms with Gasteiger partial charge in [0, 0.05) is 13.1 Å². The first-order valence-electron chi connectivity index (χ1n) is 9.50. The number of carbonyl (C=O) groups is 1. The second-order valence-corrected chi connectivity index (χ2v) is 9.43. The van der Waals surface area contributed by atoms with Gasteiger partial charge in [-0.1, -0.05) is 24.3 Å². The molecule has 0 saturated carbocycles. The van der Waals surface area contributed by atoms with E-state index in [4.69, 9.17) is 4.74 Å². The lowest BCUT2D eigenvalue weighted by Gasteiger charge is -2.44. The molecular formula is C21H24N2O4S. The average molecular weight is 401 g/mol. The zero-order chi connectivity index (χ0) is 19.9. The summed E-state index contributed by atoms with van der Waals surface area (Å²) in [6.45, 7) is 4.62. The van der Waals surface area contributed by atoms with Crippen molar-refractivity contribution in [3.63, 3.8) is 0 Å². The molecule has 2 aliphatic rings. The Labute approximate surface area is 165 Å². The van der Waals surface area contributed by atoms with Gasteiger partial charge in [-0.25, -0.2) is 8.42 Å². The maximum Gasteiger partial charge on any atom is 0.243 e. The Kier molecular flexibility index (Phi) is 4.89. The van der Waals surface area contributed by atoms with Crippen molar-refractivity contribution < 1.29 is 17.9 Å². The van der Waals surface area contributed by atoms with Gasteiger partial charge in [-0.15, -0.1) is 0 Å². The Morgan fingerprint density at radius 1 is 1.07 bits per heavy atom. The summed E-state index contributed by atoms with van der Waals surface area (Å²) in [5.74, 6) is 0.477. The highest BCUT2D eigenvalue weighted by Crippen LogP contribution is 2.35. The SMILES string of the molecule is CC(C)Oc1ccc(S(=O)(=O)N2CC(=O)N3CCc4ccccc4[C@H]3C2)cc1. The normalized spacial score (nSPS) is 20.0. The number of nitrogens with zero attached hydrogens (tertiary/aromatic N) is 2. The minimum Gasteiger partial charge on any atom is -0.491 e. The summed E-state index contributed by atoms with van der Waals surface area (Å²) in [7, 11) is -3.76. The molecule has 0 spiro atoms. The van der Waals surface area contributed by atoms with Crippen molar-refractivity contribution in [2.75, 3.05) is 19.6 Å². The Morgan fingerprint density at radius 2 is 1.79 bits per heavy atom. The van der Waals surface area contributed by atoms with Crippen molar-refractivity contribution >= 4 is 15.9 Å². The van der Waals surface area contributed by atoms with E-state index in [0.29, 0.717) is 12.3 Å². The van der Waals surface area contributed by atoms with E-state index in [9.17, 15) is 13.2 Å². The largest absolute Gasteiger partial charge is 0.491 e. The summed E-state index contributed by atoms with van der Waals surface area (Å²) in [6, 6.07) is 14.1. The average Bonchev–Trinajstić information content (AvgIpc) is 2.67. The molecule has 7 heteroatoms. The van der Waals surface area contributed by atoms with E-state index in [-0.39, 0.29) is 36.0 Å². The zero-order valence-electron chi connectivity index (χ0n) is 16.0. The highest BCUT2D eigenvalue weighted by Gasteiger charge is 2.41. The van der Waals surface area contributed by atoms with Crippen molar-refractivity contribution in [3.8, 4) is 5.75 Å². The monoisotopic (exact) mass is 400 g/mol. The fourth-order valence-corrected chi connectivity index (χ4v) is 5.34. The number of sulfonamides is 1. The van der Waals surface area contributed by atoms with Crippen LogP contribution >= 0.6 is 0 Å². The molecule has 2 aliphatic heterocycles. The molecule has 1 fully saturated rings. The number of fused-ring (bicyclic) bond motifs is 3. The predicted octanol–water partition coefficient (Wildman–Crippen LogP) is 2.60. The van der Waals surface area contributed by atoms with E-state index < -0.39 is 10.0 Å². The molecule has 4 rings (SSSR count). The molecule has 2 heterocycles. The van der Waals surface area contributed by atoms with E-state index in [1.165, 1.54) is 9.87 Å². The lowest BCUT2D eigenvalue weighted by atomic mass is 9.91. The Morgan fingerprint density at radius 3 is 2.50 bits per heavy atom. The van der Waals surface area contributed by atoms with Crippen LogP contribution in [0.4, 0.5) is 0 Å². The van der Waals surface area contributed by atoms with Crippen molar-refractivity contribution in [2.45, 2.75) is 37.3 Å². The minimum absolute atomic E-state index is 0.0134. The van der Waals surface area contributed by atoms with Crippen LogP contribution in [0.5, 0.6) is 5.75 Å². The second-order valence-electron chi connectivity index (χ2n) is 7.49. The number of carbonyl (C=O) groups excluding carboxylic acids is 1. The van der Waals surface area contributed by atoms with E-state index in [2.05, 4.69) is 6.07 Å². The zero-order valence-corrected chi connectivity index (χ0v) is 16.9. The lowest BCUT2D eigenvalue weighted by Crippen LogP contribution is -2.55. The molecule has 6 nitrogen and oxygen atoms in total. The summed E-state index contributed by atoms with van der Waals surface area (Å²) in [5.41, 5.74) is 2.23. The molecule has 0 unspecified atom stereocenters. The molecule has 0 N–H and O–H groups in total. The summed E-state index contributed by atoms with van der Waals surface area (Å²) >= 11 is 0. The third-order valence-corrected chi connectivity index (χ3v) is 7.08. The summed E-state index contributed by atoms with van der Waals surface area (Å²) < 4.78 is 33.2. The fraction of sp³-hybridized carbons (Fsp3) is 0.381. The molecule has 0 radical (unpaired) electrons. The minimum atomic E-state index is -3.76. The van der Waals surface area contributed by atoms with Gasteiger partial charge in [-0.3, -0.25) is 4.79 Å². The third kappa shape index (κ3) is 3.40. The van der Waals surface area contributed by atoms with Gasteiger partial charge in [0.05, 0.1) is 23.6 Å². The molecule has 0 bridgehead atoms. The van der Waals surface area contributed by atoms with Crippen LogP contribution in [-0.2, 0) is 21.2 Å². The number of piperazine rings is 1. The summed E-state index contributed by atoms with van der Waals surface area (Å²) in [6.07, 6.45) is 0.821. The van der Waals surface area contributed by atoms with E-state index in [1.807, 2.05) is 36.9 Å². The molecule has 148 valence electrons. The van der Waals surface area contributed by atoms with Crippen LogP contribution in [0.15, 0.2) is 53.4 Å². The number of rotatable bonds is 4. The maximum atomic E-state index is 13.2. The molecule has 0 aromatic heterocycles. The number of ether oxygens (including phenoxy) is 1.